The minimum absolute atomic E-state index is 0.0361. The molecule has 0 spiro atoms. The van der Waals surface area contributed by atoms with Crippen LogP contribution in [0.2, 0.25) is 5.02 Å². The standard InChI is InChI=1S/C20H19ClN2O2S/c1-13-7-8-16(15(21)11-13)22-19(25)17-12-26-20(10-9-18(24)23(17)20)14-5-3-2-4-6-14/h2-8,11,17H,9-10,12H2,1H3,(H,22,25)/t17-,20+/m0/s1. The number of carbonyl (C=O) groups excluding carboxylic acids is 2. The molecule has 2 atom stereocenters. The highest BCUT2D eigenvalue weighted by Crippen LogP contribution is 2.54. The van der Waals surface area contributed by atoms with Gasteiger partial charge in [0.05, 0.1) is 10.7 Å². The van der Waals surface area contributed by atoms with Crippen molar-refractivity contribution in [1.82, 2.24) is 4.90 Å². The van der Waals surface area contributed by atoms with Gasteiger partial charge in [-0.3, -0.25) is 9.59 Å². The average Bonchev–Trinajstić information content (AvgIpc) is 3.18. The molecule has 1 N–H and O–H groups in total. The van der Waals surface area contributed by atoms with Gasteiger partial charge in [0, 0.05) is 12.2 Å². The van der Waals surface area contributed by atoms with E-state index < -0.39 is 10.9 Å². The van der Waals surface area contributed by atoms with E-state index in [0.29, 0.717) is 22.9 Å². The summed E-state index contributed by atoms with van der Waals surface area (Å²) >= 11 is 7.93. The predicted molar refractivity (Wildman–Crippen MR) is 105 cm³/mol. The van der Waals surface area contributed by atoms with E-state index in [-0.39, 0.29) is 11.8 Å². The topological polar surface area (TPSA) is 49.4 Å². The Kier molecular flexibility index (Phi) is 4.45. The van der Waals surface area contributed by atoms with E-state index in [4.69, 9.17) is 11.6 Å². The highest BCUT2D eigenvalue weighted by Gasteiger charge is 2.56. The molecule has 2 aliphatic heterocycles. The fraction of sp³-hybridized carbons (Fsp3) is 0.300. The van der Waals surface area contributed by atoms with Crippen LogP contribution < -0.4 is 5.32 Å². The molecule has 2 saturated heterocycles. The molecule has 2 aromatic rings. The lowest BCUT2D eigenvalue weighted by atomic mass is 10.0. The number of nitrogens with zero attached hydrogens (tertiary/aromatic N) is 1. The van der Waals surface area contributed by atoms with Crippen molar-refractivity contribution >= 4 is 40.9 Å². The molecular formula is C20H19ClN2O2S. The maximum absolute atomic E-state index is 12.9. The van der Waals surface area contributed by atoms with Crippen molar-refractivity contribution in [1.29, 1.82) is 0 Å². The highest BCUT2D eigenvalue weighted by atomic mass is 35.5. The first-order valence-corrected chi connectivity index (χ1v) is 9.96. The summed E-state index contributed by atoms with van der Waals surface area (Å²) in [5.74, 6) is 0.431. The molecule has 4 rings (SSSR count). The van der Waals surface area contributed by atoms with Gasteiger partial charge >= 0.3 is 0 Å². The second kappa shape index (κ2) is 6.63. The Morgan fingerprint density at radius 3 is 2.77 bits per heavy atom. The molecule has 0 bridgehead atoms. The lowest BCUT2D eigenvalue weighted by Crippen LogP contribution is -2.48. The normalized spacial score (nSPS) is 24.6. The highest BCUT2D eigenvalue weighted by molar-refractivity contribution is 8.00. The van der Waals surface area contributed by atoms with E-state index in [1.54, 1.807) is 22.7 Å². The Morgan fingerprint density at radius 1 is 1.27 bits per heavy atom. The van der Waals surface area contributed by atoms with Crippen LogP contribution in [-0.2, 0) is 14.5 Å². The van der Waals surface area contributed by atoms with E-state index in [2.05, 4.69) is 5.32 Å². The number of rotatable bonds is 3. The summed E-state index contributed by atoms with van der Waals surface area (Å²) in [4.78, 5) is 26.9. The maximum Gasteiger partial charge on any atom is 0.248 e. The fourth-order valence-electron chi connectivity index (χ4n) is 3.77. The third-order valence-corrected chi connectivity index (χ3v) is 6.95. The van der Waals surface area contributed by atoms with Crippen LogP contribution in [0.4, 0.5) is 5.69 Å². The first-order valence-electron chi connectivity index (χ1n) is 8.60. The van der Waals surface area contributed by atoms with Crippen molar-refractivity contribution in [2.75, 3.05) is 11.1 Å². The van der Waals surface area contributed by atoms with Crippen LogP contribution >= 0.6 is 23.4 Å². The van der Waals surface area contributed by atoms with Crippen LogP contribution in [0.1, 0.15) is 24.0 Å². The molecule has 6 heteroatoms. The Hall–Kier alpha value is -1.98. The Balaban J connectivity index is 1.62. The van der Waals surface area contributed by atoms with E-state index in [1.165, 1.54) is 0 Å². The van der Waals surface area contributed by atoms with Gasteiger partial charge in [-0.1, -0.05) is 48.0 Å². The number of anilines is 1. The molecule has 26 heavy (non-hydrogen) atoms. The number of aryl methyl sites for hydroxylation is 1. The summed E-state index contributed by atoms with van der Waals surface area (Å²) in [6.45, 7) is 1.95. The molecule has 4 nitrogen and oxygen atoms in total. The Bertz CT molecular complexity index is 873. The summed E-state index contributed by atoms with van der Waals surface area (Å²) in [7, 11) is 0. The van der Waals surface area contributed by atoms with Crippen molar-refractivity contribution < 1.29 is 9.59 Å². The van der Waals surface area contributed by atoms with Crippen LogP contribution in [0.5, 0.6) is 0 Å². The number of amides is 2. The molecule has 0 aliphatic carbocycles. The minimum atomic E-state index is -0.493. The molecule has 2 aliphatic rings. The van der Waals surface area contributed by atoms with E-state index in [1.807, 2.05) is 49.4 Å². The number of hydrogen-bond donors (Lipinski definition) is 1. The second-order valence-electron chi connectivity index (χ2n) is 6.71. The summed E-state index contributed by atoms with van der Waals surface area (Å²) in [5.41, 5.74) is 2.69. The van der Waals surface area contributed by atoms with E-state index >= 15 is 0 Å². The summed E-state index contributed by atoms with van der Waals surface area (Å²) < 4.78 is 0. The molecule has 0 aromatic heterocycles. The van der Waals surface area contributed by atoms with Crippen molar-refractivity contribution in [2.24, 2.45) is 0 Å². The van der Waals surface area contributed by atoms with Crippen molar-refractivity contribution in [2.45, 2.75) is 30.7 Å². The van der Waals surface area contributed by atoms with Gasteiger partial charge in [-0.15, -0.1) is 11.8 Å². The molecule has 0 radical (unpaired) electrons. The Morgan fingerprint density at radius 2 is 2.04 bits per heavy atom. The van der Waals surface area contributed by atoms with Crippen LogP contribution in [0.15, 0.2) is 48.5 Å². The average molecular weight is 387 g/mol. The van der Waals surface area contributed by atoms with E-state index in [9.17, 15) is 9.59 Å². The molecule has 0 unspecified atom stereocenters. The number of fused-ring (bicyclic) bond motifs is 1. The maximum atomic E-state index is 12.9. The first-order chi connectivity index (χ1) is 12.5. The quantitative estimate of drug-likeness (QED) is 0.860. The SMILES string of the molecule is Cc1ccc(NC(=O)[C@@H]2CS[C@@]3(c4ccccc4)CCC(=O)N23)c(Cl)c1. The van der Waals surface area contributed by atoms with E-state index in [0.717, 1.165) is 17.5 Å². The van der Waals surface area contributed by atoms with Crippen molar-refractivity contribution in [3.63, 3.8) is 0 Å². The summed E-state index contributed by atoms with van der Waals surface area (Å²) in [6, 6.07) is 15.0. The van der Waals surface area contributed by atoms with Crippen molar-refractivity contribution in [3.05, 3.63) is 64.7 Å². The van der Waals surface area contributed by atoms with Crippen LogP contribution in [0.25, 0.3) is 0 Å². The number of halogens is 1. The van der Waals surface area contributed by atoms with Gasteiger partial charge in [0.1, 0.15) is 10.9 Å². The van der Waals surface area contributed by atoms with Gasteiger partial charge in [0.2, 0.25) is 11.8 Å². The van der Waals surface area contributed by atoms with Crippen LogP contribution in [0, 0.1) is 6.92 Å². The number of nitrogens with one attached hydrogen (secondary N) is 1. The van der Waals surface area contributed by atoms with Crippen LogP contribution in [-0.4, -0.2) is 28.5 Å². The third kappa shape index (κ3) is 2.79. The van der Waals surface area contributed by atoms with Gasteiger partial charge in [0.25, 0.3) is 0 Å². The first kappa shape index (κ1) is 17.4. The molecule has 0 saturated carbocycles. The second-order valence-corrected chi connectivity index (χ2v) is 8.42. The zero-order valence-electron chi connectivity index (χ0n) is 14.4. The molecule has 2 heterocycles. The number of benzene rings is 2. The summed E-state index contributed by atoms with van der Waals surface area (Å²) in [5, 5.41) is 3.41. The molecule has 2 fully saturated rings. The third-order valence-electron chi connectivity index (χ3n) is 5.04. The number of hydrogen-bond acceptors (Lipinski definition) is 3. The zero-order chi connectivity index (χ0) is 18.3. The number of carbonyl (C=O) groups is 2. The monoisotopic (exact) mass is 386 g/mol. The fourth-order valence-corrected chi connectivity index (χ4v) is 5.71. The van der Waals surface area contributed by atoms with Gasteiger partial charge in [-0.2, -0.15) is 0 Å². The molecule has 134 valence electrons. The Labute approximate surface area is 161 Å². The van der Waals surface area contributed by atoms with Gasteiger partial charge in [-0.25, -0.2) is 0 Å². The minimum Gasteiger partial charge on any atom is -0.323 e. The van der Waals surface area contributed by atoms with Gasteiger partial charge in [-0.05, 0) is 36.6 Å². The number of thioether (sulfide) groups is 1. The molecule has 2 aromatic carbocycles. The smallest absolute Gasteiger partial charge is 0.248 e. The lowest BCUT2D eigenvalue weighted by molar-refractivity contribution is -0.136. The predicted octanol–water partition coefficient (Wildman–Crippen LogP) is 4.18. The molecule has 2 amide bonds. The molecular weight excluding hydrogens is 368 g/mol. The van der Waals surface area contributed by atoms with Crippen LogP contribution in [0.3, 0.4) is 0 Å². The lowest BCUT2D eigenvalue weighted by Gasteiger charge is -2.34. The van der Waals surface area contributed by atoms with Gasteiger partial charge in [0.15, 0.2) is 0 Å². The summed E-state index contributed by atoms with van der Waals surface area (Å²) in [6.07, 6.45) is 1.20. The van der Waals surface area contributed by atoms with Crippen molar-refractivity contribution in [3.8, 4) is 0 Å². The largest absolute Gasteiger partial charge is 0.323 e. The zero-order valence-corrected chi connectivity index (χ0v) is 15.9. The van der Waals surface area contributed by atoms with Gasteiger partial charge < -0.3 is 10.2 Å².